The first-order chi connectivity index (χ1) is 20.8. The fraction of sp³-hybridized carbons (Fsp3) is 0. The summed E-state index contributed by atoms with van der Waals surface area (Å²) in [5.74, 6) is 1.75. The van der Waals surface area contributed by atoms with Crippen LogP contribution in [0.15, 0.2) is 132 Å². The molecule has 0 unspecified atom stereocenters. The van der Waals surface area contributed by atoms with Gasteiger partial charge in [-0.2, -0.15) is 9.97 Å². The van der Waals surface area contributed by atoms with Gasteiger partial charge in [-0.1, -0.05) is 84.9 Å². The maximum atomic E-state index is 6.16. The molecule has 0 saturated heterocycles. The van der Waals surface area contributed by atoms with Crippen LogP contribution < -0.4 is 0 Å². The molecule has 6 heteroatoms. The Bertz CT molecular complexity index is 2440. The van der Waals surface area contributed by atoms with Crippen LogP contribution >= 0.6 is 0 Å². The fourth-order valence-corrected chi connectivity index (χ4v) is 6.05. The lowest BCUT2D eigenvalue weighted by Crippen LogP contribution is -2.06. The Morgan fingerprint density at radius 1 is 0.548 bits per heavy atom. The van der Waals surface area contributed by atoms with Gasteiger partial charge in [0.25, 0.3) is 0 Å². The van der Waals surface area contributed by atoms with Gasteiger partial charge in [-0.3, -0.25) is 9.55 Å². The molecular formula is C36H21N5O. The molecule has 0 aliphatic heterocycles. The van der Waals surface area contributed by atoms with Gasteiger partial charge in [0, 0.05) is 38.9 Å². The van der Waals surface area contributed by atoms with E-state index in [2.05, 4.69) is 94.5 Å². The topological polar surface area (TPSA) is 69.6 Å². The van der Waals surface area contributed by atoms with E-state index in [-0.39, 0.29) is 0 Å². The second-order valence-corrected chi connectivity index (χ2v) is 10.4. The summed E-state index contributed by atoms with van der Waals surface area (Å²) in [6.07, 6.45) is 3.53. The van der Waals surface area contributed by atoms with Crippen molar-refractivity contribution < 1.29 is 4.42 Å². The van der Waals surface area contributed by atoms with Gasteiger partial charge in [0.1, 0.15) is 5.58 Å². The highest BCUT2D eigenvalue weighted by molar-refractivity contribution is 6.12. The molecule has 196 valence electrons. The molecule has 0 aliphatic rings. The molecule has 0 fully saturated rings. The van der Waals surface area contributed by atoms with Crippen molar-refractivity contribution >= 4 is 54.5 Å². The van der Waals surface area contributed by atoms with Crippen LogP contribution in [-0.4, -0.2) is 24.5 Å². The summed E-state index contributed by atoms with van der Waals surface area (Å²) in [4.78, 5) is 19.6. The largest absolute Gasteiger partial charge is 0.454 e. The molecule has 0 N–H and O–H groups in total. The van der Waals surface area contributed by atoms with Crippen molar-refractivity contribution in [2.75, 3.05) is 0 Å². The van der Waals surface area contributed by atoms with Crippen LogP contribution in [0.4, 0.5) is 0 Å². The molecule has 0 bridgehead atoms. The Hall–Kier alpha value is -5.88. The summed E-state index contributed by atoms with van der Waals surface area (Å²) in [5.41, 5.74) is 5.38. The van der Waals surface area contributed by atoms with Gasteiger partial charge in [-0.25, -0.2) is 4.98 Å². The first kappa shape index (κ1) is 22.9. The normalized spacial score (nSPS) is 11.8. The van der Waals surface area contributed by atoms with Crippen LogP contribution in [0.3, 0.4) is 0 Å². The zero-order valence-corrected chi connectivity index (χ0v) is 22.3. The van der Waals surface area contributed by atoms with E-state index in [4.69, 9.17) is 19.4 Å². The summed E-state index contributed by atoms with van der Waals surface area (Å²) in [5, 5.41) is 6.53. The second kappa shape index (κ2) is 8.81. The van der Waals surface area contributed by atoms with Gasteiger partial charge in [-0.05, 0) is 41.1 Å². The van der Waals surface area contributed by atoms with E-state index in [1.165, 1.54) is 5.39 Å². The zero-order chi connectivity index (χ0) is 27.6. The molecular weight excluding hydrogens is 518 g/mol. The fourth-order valence-electron chi connectivity index (χ4n) is 6.05. The highest BCUT2D eigenvalue weighted by atomic mass is 16.3. The van der Waals surface area contributed by atoms with Crippen LogP contribution in [-0.2, 0) is 0 Å². The standard InChI is InChI=1S/C36H21N5O/c1-2-9-23-20-24(17-16-22(23)8-1)34-38-35(28-12-7-15-31-33(28)27-18-19-37-21-32(27)42-31)40-36(39-34)41-29-13-5-3-10-25(29)26-11-4-6-14-30(26)41/h1-21H. The number of aromatic nitrogens is 5. The summed E-state index contributed by atoms with van der Waals surface area (Å²) in [6.45, 7) is 0. The monoisotopic (exact) mass is 539 g/mol. The average molecular weight is 540 g/mol. The van der Waals surface area contributed by atoms with Crippen LogP contribution in [0.2, 0.25) is 0 Å². The maximum Gasteiger partial charge on any atom is 0.238 e. The number of furan rings is 1. The van der Waals surface area contributed by atoms with Crippen molar-refractivity contribution in [1.82, 2.24) is 24.5 Å². The predicted octanol–water partition coefficient (Wildman–Crippen LogP) is 8.75. The Balaban J connectivity index is 1.38. The molecule has 0 spiro atoms. The number of hydrogen-bond donors (Lipinski definition) is 0. The number of rotatable bonds is 3. The van der Waals surface area contributed by atoms with E-state index in [1.54, 1.807) is 12.4 Å². The Morgan fingerprint density at radius 2 is 1.29 bits per heavy atom. The van der Waals surface area contributed by atoms with Crippen molar-refractivity contribution in [3.05, 3.63) is 128 Å². The minimum Gasteiger partial charge on any atom is -0.454 e. The Morgan fingerprint density at radius 3 is 2.12 bits per heavy atom. The SMILES string of the molecule is c1ccc2cc(-c3nc(-c4cccc5oc6cnccc6c45)nc(-n4c5ccccc5c5ccccc54)n3)ccc2c1. The second-order valence-electron chi connectivity index (χ2n) is 10.4. The Kier molecular flexibility index (Phi) is 4.80. The first-order valence-corrected chi connectivity index (χ1v) is 13.8. The van der Waals surface area contributed by atoms with Crippen molar-refractivity contribution in [2.45, 2.75) is 0 Å². The first-order valence-electron chi connectivity index (χ1n) is 13.8. The lowest BCUT2D eigenvalue weighted by molar-refractivity contribution is 0.667. The number of fused-ring (bicyclic) bond motifs is 7. The third-order valence-corrected chi connectivity index (χ3v) is 7.95. The van der Waals surface area contributed by atoms with Gasteiger partial charge in [0.15, 0.2) is 17.2 Å². The van der Waals surface area contributed by atoms with Crippen molar-refractivity contribution in [3.8, 4) is 28.7 Å². The van der Waals surface area contributed by atoms with E-state index in [9.17, 15) is 0 Å². The van der Waals surface area contributed by atoms with Gasteiger partial charge >= 0.3 is 0 Å². The van der Waals surface area contributed by atoms with Gasteiger partial charge in [0.05, 0.1) is 17.2 Å². The van der Waals surface area contributed by atoms with Gasteiger partial charge in [-0.15, -0.1) is 0 Å². The minimum atomic E-state index is 0.562. The lowest BCUT2D eigenvalue weighted by atomic mass is 10.1. The third-order valence-electron chi connectivity index (χ3n) is 7.95. The van der Waals surface area contributed by atoms with Crippen molar-refractivity contribution in [1.29, 1.82) is 0 Å². The zero-order valence-electron chi connectivity index (χ0n) is 22.3. The molecule has 0 amide bonds. The molecule has 4 aromatic heterocycles. The number of nitrogens with zero attached hydrogens (tertiary/aromatic N) is 5. The third kappa shape index (κ3) is 3.39. The minimum absolute atomic E-state index is 0.562. The van der Waals surface area contributed by atoms with Gasteiger partial charge < -0.3 is 4.42 Å². The molecule has 6 nitrogen and oxygen atoms in total. The van der Waals surface area contributed by atoms with Crippen LogP contribution in [0.5, 0.6) is 0 Å². The van der Waals surface area contributed by atoms with Crippen LogP contribution in [0.25, 0.3) is 83.2 Å². The molecule has 9 aromatic rings. The summed E-state index contributed by atoms with van der Waals surface area (Å²) in [7, 11) is 0. The van der Waals surface area contributed by atoms with E-state index >= 15 is 0 Å². The summed E-state index contributed by atoms with van der Waals surface area (Å²) < 4.78 is 8.29. The van der Waals surface area contributed by atoms with Crippen LogP contribution in [0.1, 0.15) is 0 Å². The van der Waals surface area contributed by atoms with Crippen LogP contribution in [0, 0.1) is 0 Å². The maximum absolute atomic E-state index is 6.16. The highest BCUT2D eigenvalue weighted by Crippen LogP contribution is 2.37. The predicted molar refractivity (Wildman–Crippen MR) is 168 cm³/mol. The summed E-state index contributed by atoms with van der Waals surface area (Å²) >= 11 is 0. The molecule has 0 radical (unpaired) electrons. The number of hydrogen-bond acceptors (Lipinski definition) is 5. The van der Waals surface area contributed by atoms with Crippen molar-refractivity contribution in [2.24, 2.45) is 0 Å². The van der Waals surface area contributed by atoms with Crippen molar-refractivity contribution in [3.63, 3.8) is 0 Å². The molecule has 0 atom stereocenters. The molecule has 0 aliphatic carbocycles. The number of pyridine rings is 1. The lowest BCUT2D eigenvalue weighted by Gasteiger charge is -2.12. The number of para-hydroxylation sites is 2. The smallest absolute Gasteiger partial charge is 0.238 e. The molecule has 0 saturated carbocycles. The van der Waals surface area contributed by atoms with Gasteiger partial charge in [0.2, 0.25) is 5.95 Å². The summed E-state index contributed by atoms with van der Waals surface area (Å²) in [6, 6.07) is 39.4. The molecule has 5 aromatic carbocycles. The Labute approximate surface area is 239 Å². The molecule has 42 heavy (non-hydrogen) atoms. The molecule has 4 heterocycles. The quantitative estimate of drug-likeness (QED) is 0.224. The average Bonchev–Trinajstić information content (AvgIpc) is 3.60. The van der Waals surface area contributed by atoms with E-state index in [0.29, 0.717) is 17.6 Å². The van der Waals surface area contributed by atoms with E-state index in [0.717, 1.165) is 60.3 Å². The molecule has 9 rings (SSSR count). The van der Waals surface area contributed by atoms with E-state index in [1.807, 2.05) is 30.3 Å². The number of benzene rings is 5. The highest BCUT2D eigenvalue weighted by Gasteiger charge is 2.20. The van der Waals surface area contributed by atoms with E-state index < -0.39 is 0 Å².